The first-order valence-electron chi connectivity index (χ1n) is 9.08. The number of hydrogen-bond donors (Lipinski definition) is 0. The van der Waals surface area contributed by atoms with Crippen LogP contribution < -0.4 is 9.47 Å². The molecule has 1 heterocycles. The molecule has 1 atom stereocenters. The van der Waals surface area contributed by atoms with Gasteiger partial charge in [-0.2, -0.15) is 0 Å². The summed E-state index contributed by atoms with van der Waals surface area (Å²) >= 11 is 0. The van der Waals surface area contributed by atoms with Crippen LogP contribution in [0.15, 0.2) is 36.4 Å². The maximum atomic E-state index is 13.3. The van der Waals surface area contributed by atoms with Crippen LogP contribution in [0, 0.1) is 11.6 Å². The zero-order valence-electron chi connectivity index (χ0n) is 15.9. The molecule has 1 saturated heterocycles. The molecule has 7 heteroatoms. The predicted octanol–water partition coefficient (Wildman–Crippen LogP) is 3.80. The van der Waals surface area contributed by atoms with E-state index in [9.17, 15) is 13.6 Å². The largest absolute Gasteiger partial charge is 0.497 e. The third kappa shape index (κ3) is 4.78. The average molecular weight is 391 g/mol. The summed E-state index contributed by atoms with van der Waals surface area (Å²) in [4.78, 5) is 14.6. The molecule has 0 aliphatic carbocycles. The van der Waals surface area contributed by atoms with Crippen LogP contribution in [-0.2, 0) is 11.3 Å². The van der Waals surface area contributed by atoms with Gasteiger partial charge in [0.1, 0.15) is 11.5 Å². The number of ether oxygens (including phenoxy) is 3. The minimum atomic E-state index is -0.895. The number of likely N-dealkylation sites (tertiary alicyclic amines) is 1. The Morgan fingerprint density at radius 3 is 2.43 bits per heavy atom. The molecule has 3 rings (SSSR count). The number of rotatable bonds is 6. The highest BCUT2D eigenvalue weighted by Crippen LogP contribution is 2.25. The normalized spacial score (nSPS) is 16.7. The number of amides is 1. The molecule has 150 valence electrons. The lowest BCUT2D eigenvalue weighted by molar-refractivity contribution is -0.00683. The van der Waals surface area contributed by atoms with Gasteiger partial charge < -0.3 is 19.1 Å². The number of carbonyl (C=O) groups excluding carboxylic acids is 1. The maximum absolute atomic E-state index is 13.3. The summed E-state index contributed by atoms with van der Waals surface area (Å²) in [7, 11) is 3.07. The topological polar surface area (TPSA) is 48.0 Å². The lowest BCUT2D eigenvalue weighted by atomic mass is 10.1. The lowest BCUT2D eigenvalue weighted by Crippen LogP contribution is -2.43. The van der Waals surface area contributed by atoms with E-state index in [1.807, 2.05) is 0 Å². The first-order valence-corrected chi connectivity index (χ1v) is 9.08. The molecule has 1 aliphatic rings. The Balaban J connectivity index is 1.64. The molecular formula is C21H23F2NO4. The van der Waals surface area contributed by atoms with Crippen molar-refractivity contribution in [2.75, 3.05) is 27.3 Å². The van der Waals surface area contributed by atoms with Gasteiger partial charge in [-0.25, -0.2) is 8.78 Å². The second-order valence-electron chi connectivity index (χ2n) is 6.68. The van der Waals surface area contributed by atoms with Crippen LogP contribution in [-0.4, -0.2) is 44.2 Å². The van der Waals surface area contributed by atoms with E-state index in [2.05, 4.69) is 0 Å². The summed E-state index contributed by atoms with van der Waals surface area (Å²) in [5, 5.41) is 0. The summed E-state index contributed by atoms with van der Waals surface area (Å²) < 4.78 is 42.6. The van der Waals surface area contributed by atoms with Gasteiger partial charge >= 0.3 is 0 Å². The fraction of sp³-hybridized carbons (Fsp3) is 0.381. The Bertz CT molecular complexity index is 821. The number of carbonyl (C=O) groups is 1. The molecule has 1 fully saturated rings. The van der Waals surface area contributed by atoms with E-state index in [0.29, 0.717) is 35.7 Å². The van der Waals surface area contributed by atoms with Crippen LogP contribution in [0.2, 0.25) is 0 Å². The van der Waals surface area contributed by atoms with Gasteiger partial charge in [-0.15, -0.1) is 0 Å². The predicted molar refractivity (Wildman–Crippen MR) is 99.6 cm³/mol. The summed E-state index contributed by atoms with van der Waals surface area (Å²) in [6, 6.07) is 8.77. The van der Waals surface area contributed by atoms with E-state index >= 15 is 0 Å². The number of hydrogen-bond acceptors (Lipinski definition) is 4. The minimum absolute atomic E-state index is 0.127. The Hall–Kier alpha value is -2.67. The van der Waals surface area contributed by atoms with Crippen molar-refractivity contribution in [2.45, 2.75) is 25.6 Å². The van der Waals surface area contributed by atoms with Crippen molar-refractivity contribution in [3.8, 4) is 11.5 Å². The van der Waals surface area contributed by atoms with Crippen LogP contribution in [0.1, 0.15) is 28.8 Å². The molecule has 0 saturated carbocycles. The van der Waals surface area contributed by atoms with E-state index < -0.39 is 11.6 Å². The van der Waals surface area contributed by atoms with Gasteiger partial charge in [-0.05, 0) is 42.7 Å². The number of methoxy groups -OCH3 is 2. The number of halogens is 2. The van der Waals surface area contributed by atoms with Crippen LogP contribution >= 0.6 is 0 Å². The lowest BCUT2D eigenvalue weighted by Gasteiger charge is -2.33. The van der Waals surface area contributed by atoms with Crippen molar-refractivity contribution >= 4 is 5.91 Å². The molecule has 2 aromatic carbocycles. The Kier molecular flexibility index (Phi) is 6.46. The highest BCUT2D eigenvalue weighted by Gasteiger charge is 2.26. The van der Waals surface area contributed by atoms with E-state index in [-0.39, 0.29) is 18.6 Å². The maximum Gasteiger partial charge on any atom is 0.254 e. The average Bonchev–Trinajstić information content (AvgIpc) is 2.73. The minimum Gasteiger partial charge on any atom is -0.497 e. The highest BCUT2D eigenvalue weighted by molar-refractivity contribution is 5.95. The van der Waals surface area contributed by atoms with Gasteiger partial charge in [0, 0.05) is 24.7 Å². The summed E-state index contributed by atoms with van der Waals surface area (Å²) in [5.41, 5.74) is 1.04. The molecule has 0 radical (unpaired) electrons. The molecule has 28 heavy (non-hydrogen) atoms. The second kappa shape index (κ2) is 9.01. The van der Waals surface area contributed by atoms with Gasteiger partial charge in [0.2, 0.25) is 0 Å². The van der Waals surface area contributed by atoms with Crippen molar-refractivity contribution in [3.05, 3.63) is 59.2 Å². The molecule has 0 bridgehead atoms. The molecule has 5 nitrogen and oxygen atoms in total. The molecular weight excluding hydrogens is 368 g/mol. The van der Waals surface area contributed by atoms with Crippen molar-refractivity contribution in [2.24, 2.45) is 0 Å². The van der Waals surface area contributed by atoms with Gasteiger partial charge in [-0.3, -0.25) is 4.79 Å². The zero-order valence-corrected chi connectivity index (χ0v) is 15.9. The van der Waals surface area contributed by atoms with Gasteiger partial charge in [0.05, 0.1) is 26.9 Å². The van der Waals surface area contributed by atoms with Crippen LogP contribution in [0.25, 0.3) is 0 Å². The SMILES string of the molecule is COc1cc(OC)cc(C(=O)N2CCC[C@@H](OCc3ccc(F)c(F)c3)C2)c1. The Morgan fingerprint density at radius 2 is 1.79 bits per heavy atom. The van der Waals surface area contributed by atoms with Crippen LogP contribution in [0.5, 0.6) is 11.5 Å². The third-order valence-electron chi connectivity index (χ3n) is 4.73. The van der Waals surface area contributed by atoms with Crippen molar-refractivity contribution < 1.29 is 27.8 Å². The fourth-order valence-electron chi connectivity index (χ4n) is 3.22. The number of piperidine rings is 1. The zero-order chi connectivity index (χ0) is 20.1. The molecule has 0 unspecified atom stereocenters. The molecule has 0 N–H and O–H groups in total. The standard InChI is InChI=1S/C21H23F2NO4/c1-26-17-9-15(10-18(11-17)27-2)21(25)24-7-3-4-16(12-24)28-13-14-5-6-19(22)20(23)8-14/h5-6,8-11,16H,3-4,7,12-13H2,1-2H3/t16-/m1/s1. The number of nitrogens with zero attached hydrogens (tertiary/aromatic N) is 1. The van der Waals surface area contributed by atoms with Crippen LogP contribution in [0.3, 0.4) is 0 Å². The van der Waals surface area contributed by atoms with Crippen molar-refractivity contribution in [1.82, 2.24) is 4.90 Å². The Morgan fingerprint density at radius 1 is 1.07 bits per heavy atom. The van der Waals surface area contributed by atoms with E-state index in [1.54, 1.807) is 23.1 Å². The molecule has 0 spiro atoms. The van der Waals surface area contributed by atoms with Gasteiger partial charge in [-0.1, -0.05) is 6.07 Å². The summed E-state index contributed by atoms with van der Waals surface area (Å²) in [5.74, 6) is -0.810. The summed E-state index contributed by atoms with van der Waals surface area (Å²) in [6.07, 6.45) is 1.43. The molecule has 0 aromatic heterocycles. The van der Waals surface area contributed by atoms with Gasteiger partial charge in [0.25, 0.3) is 5.91 Å². The van der Waals surface area contributed by atoms with Crippen LogP contribution in [0.4, 0.5) is 8.78 Å². The van der Waals surface area contributed by atoms with Crippen molar-refractivity contribution in [3.63, 3.8) is 0 Å². The fourth-order valence-corrected chi connectivity index (χ4v) is 3.22. The molecule has 1 amide bonds. The molecule has 1 aliphatic heterocycles. The first-order chi connectivity index (χ1) is 13.5. The highest BCUT2D eigenvalue weighted by atomic mass is 19.2. The van der Waals surface area contributed by atoms with Gasteiger partial charge in [0.15, 0.2) is 11.6 Å². The van der Waals surface area contributed by atoms with E-state index in [0.717, 1.165) is 25.0 Å². The third-order valence-corrected chi connectivity index (χ3v) is 4.73. The van der Waals surface area contributed by atoms with E-state index in [4.69, 9.17) is 14.2 Å². The smallest absolute Gasteiger partial charge is 0.254 e. The second-order valence-corrected chi connectivity index (χ2v) is 6.68. The molecule has 2 aromatic rings. The first kappa shape index (κ1) is 20.1. The van der Waals surface area contributed by atoms with Crippen molar-refractivity contribution in [1.29, 1.82) is 0 Å². The Labute approximate surface area is 162 Å². The summed E-state index contributed by atoms with van der Waals surface area (Å²) in [6.45, 7) is 1.22. The number of benzene rings is 2. The quantitative estimate of drug-likeness (QED) is 0.752. The van der Waals surface area contributed by atoms with E-state index in [1.165, 1.54) is 20.3 Å². The monoisotopic (exact) mass is 391 g/mol.